The topological polar surface area (TPSA) is 178 Å². The van der Waals surface area contributed by atoms with Gasteiger partial charge in [-0.1, -0.05) is 20.8 Å². The van der Waals surface area contributed by atoms with Crippen molar-refractivity contribution in [3.8, 4) is 12.1 Å². The van der Waals surface area contributed by atoms with Gasteiger partial charge in [0.25, 0.3) is 0 Å². The lowest BCUT2D eigenvalue weighted by Gasteiger charge is -2.16. The normalized spacial score (nSPS) is 13.4. The van der Waals surface area contributed by atoms with Gasteiger partial charge in [-0.25, -0.2) is 4.98 Å². The van der Waals surface area contributed by atoms with Gasteiger partial charge in [0.15, 0.2) is 11.6 Å². The Morgan fingerprint density at radius 2 is 1.56 bits per heavy atom. The van der Waals surface area contributed by atoms with Crippen molar-refractivity contribution in [1.82, 2.24) is 15.2 Å². The predicted octanol–water partition coefficient (Wildman–Crippen LogP) is 3.15. The van der Waals surface area contributed by atoms with E-state index in [4.69, 9.17) is 0 Å². The summed E-state index contributed by atoms with van der Waals surface area (Å²) < 4.78 is 0. The van der Waals surface area contributed by atoms with Crippen LogP contribution in [-0.4, -0.2) is 50.7 Å². The number of aliphatic hydroxyl groups excluding tert-OH is 2. The first-order chi connectivity index (χ1) is 15.0. The third-order valence-corrected chi connectivity index (χ3v) is 4.48. The number of nitrogens with one attached hydrogen (secondary N) is 3. The number of aromatic nitrogens is 3. The highest BCUT2D eigenvalue weighted by Gasteiger charge is 2.25. The maximum Gasteiger partial charge on any atom is 0.188 e. The Bertz CT molecular complexity index is 1070. The molecule has 2 rings (SSSR count). The lowest BCUT2D eigenvalue weighted by molar-refractivity contribution is 0.208. The van der Waals surface area contributed by atoms with E-state index in [-0.39, 0.29) is 35.7 Å². The summed E-state index contributed by atoms with van der Waals surface area (Å²) in [6.45, 7) is 11.2. The molecule has 11 nitrogen and oxygen atoms in total. The lowest BCUT2D eigenvalue weighted by Crippen LogP contribution is -2.19. The van der Waals surface area contributed by atoms with E-state index in [9.17, 15) is 20.7 Å². The second kappa shape index (κ2) is 10.2. The minimum Gasteiger partial charge on any atom is -0.392 e. The van der Waals surface area contributed by atoms with Crippen molar-refractivity contribution in [2.24, 2.45) is 10.2 Å². The lowest BCUT2D eigenvalue weighted by atomic mass is 9.90. The second-order valence-electron chi connectivity index (χ2n) is 8.59. The van der Waals surface area contributed by atoms with Crippen molar-refractivity contribution in [3.05, 3.63) is 22.4 Å². The fourth-order valence-corrected chi connectivity index (χ4v) is 2.85. The molecule has 32 heavy (non-hydrogen) atoms. The van der Waals surface area contributed by atoms with Crippen molar-refractivity contribution in [2.45, 2.75) is 59.2 Å². The van der Waals surface area contributed by atoms with E-state index < -0.39 is 12.2 Å². The predicted molar refractivity (Wildman–Crippen MR) is 120 cm³/mol. The molecule has 0 amide bonds. The first-order valence-electron chi connectivity index (χ1n) is 10.2. The molecular formula is C21H29N9O2. The minimum absolute atomic E-state index is 0.193. The first kappa shape index (κ1) is 24.7. The van der Waals surface area contributed by atoms with Crippen molar-refractivity contribution in [3.63, 3.8) is 0 Å². The summed E-state index contributed by atoms with van der Waals surface area (Å²) in [7, 11) is 0. The van der Waals surface area contributed by atoms with E-state index in [1.54, 1.807) is 20.8 Å². The Morgan fingerprint density at radius 1 is 1.00 bits per heavy atom. The molecule has 2 unspecified atom stereocenters. The van der Waals surface area contributed by atoms with Crippen LogP contribution in [0.4, 0.5) is 23.1 Å². The van der Waals surface area contributed by atoms with E-state index in [2.05, 4.69) is 48.2 Å². The van der Waals surface area contributed by atoms with Gasteiger partial charge in [0.1, 0.15) is 29.2 Å². The van der Waals surface area contributed by atoms with Gasteiger partial charge >= 0.3 is 0 Å². The molecule has 0 bridgehead atoms. The van der Waals surface area contributed by atoms with E-state index >= 15 is 0 Å². The molecule has 2 aromatic heterocycles. The molecule has 0 aliphatic carbocycles. The number of hydrogen-bond acceptors (Lipinski definition) is 10. The molecule has 0 aliphatic heterocycles. The first-order valence-corrected chi connectivity index (χ1v) is 10.2. The number of rotatable bonds is 8. The molecule has 170 valence electrons. The smallest absolute Gasteiger partial charge is 0.188 e. The number of anilines is 2. The van der Waals surface area contributed by atoms with Crippen LogP contribution in [-0.2, 0) is 5.41 Å². The zero-order valence-corrected chi connectivity index (χ0v) is 19.1. The average molecular weight is 440 g/mol. The van der Waals surface area contributed by atoms with Crippen molar-refractivity contribution >= 4 is 23.1 Å². The van der Waals surface area contributed by atoms with E-state index in [1.807, 2.05) is 20.8 Å². The maximum absolute atomic E-state index is 9.68. The highest BCUT2D eigenvalue weighted by Crippen LogP contribution is 2.36. The van der Waals surface area contributed by atoms with Crippen LogP contribution in [0.2, 0.25) is 0 Å². The Labute approximate surface area is 187 Å². The average Bonchev–Trinajstić information content (AvgIpc) is 3.13. The molecule has 2 aromatic rings. The van der Waals surface area contributed by atoms with Crippen LogP contribution < -0.4 is 10.6 Å². The van der Waals surface area contributed by atoms with Crippen LogP contribution in [0.25, 0.3) is 0 Å². The van der Waals surface area contributed by atoms with Crippen LogP contribution in [0, 0.1) is 29.6 Å². The Kier molecular flexibility index (Phi) is 7.87. The van der Waals surface area contributed by atoms with Gasteiger partial charge in [-0.3, -0.25) is 5.10 Å². The Morgan fingerprint density at radius 3 is 2.06 bits per heavy atom. The summed E-state index contributed by atoms with van der Waals surface area (Å²) in [4.78, 5) is 4.44. The third kappa shape index (κ3) is 5.78. The van der Waals surface area contributed by atoms with Gasteiger partial charge in [-0.05, 0) is 20.8 Å². The Hall–Kier alpha value is -3.54. The number of aliphatic hydroxyl groups is 2. The van der Waals surface area contributed by atoms with Crippen LogP contribution in [0.15, 0.2) is 10.2 Å². The number of hydrogen-bond donors (Lipinski definition) is 5. The molecule has 0 spiro atoms. The molecule has 0 aliphatic rings. The number of nitriles is 2. The van der Waals surface area contributed by atoms with Gasteiger partial charge in [0.2, 0.25) is 0 Å². The molecule has 0 radical (unpaired) electrons. The van der Waals surface area contributed by atoms with Crippen LogP contribution in [0.3, 0.4) is 0 Å². The molecular weight excluding hydrogens is 410 g/mol. The monoisotopic (exact) mass is 439 g/mol. The molecule has 11 heteroatoms. The largest absolute Gasteiger partial charge is 0.392 e. The fraction of sp³-hybridized carbons (Fsp3) is 0.524. The third-order valence-electron chi connectivity index (χ3n) is 4.48. The van der Waals surface area contributed by atoms with Gasteiger partial charge in [-0.15, -0.1) is 10.2 Å². The number of azo groups is 1. The number of nitrogens with zero attached hydrogens (tertiary/aromatic N) is 6. The number of aromatic amines is 1. The molecule has 2 heterocycles. The van der Waals surface area contributed by atoms with E-state index in [1.165, 1.54) is 0 Å². The summed E-state index contributed by atoms with van der Waals surface area (Å²) in [5, 5.41) is 59.9. The molecule has 0 saturated carbocycles. The molecule has 2 atom stereocenters. The number of pyridine rings is 1. The summed E-state index contributed by atoms with van der Waals surface area (Å²) in [6, 6.07) is 4.22. The van der Waals surface area contributed by atoms with E-state index in [0.717, 1.165) is 0 Å². The van der Waals surface area contributed by atoms with Gasteiger partial charge in [0, 0.05) is 24.1 Å². The summed E-state index contributed by atoms with van der Waals surface area (Å²) in [6.07, 6.45) is -1.29. The second-order valence-corrected chi connectivity index (χ2v) is 8.59. The molecule has 0 aromatic carbocycles. The van der Waals surface area contributed by atoms with Crippen LogP contribution in [0.5, 0.6) is 0 Å². The summed E-state index contributed by atoms with van der Waals surface area (Å²) in [5.74, 6) is 0.786. The molecule has 0 saturated heterocycles. The van der Waals surface area contributed by atoms with E-state index in [0.29, 0.717) is 28.3 Å². The summed E-state index contributed by atoms with van der Waals surface area (Å²) >= 11 is 0. The molecule has 5 N–H and O–H groups in total. The van der Waals surface area contributed by atoms with Gasteiger partial charge in [-0.2, -0.15) is 15.6 Å². The van der Waals surface area contributed by atoms with Gasteiger partial charge in [0.05, 0.1) is 23.5 Å². The quantitative estimate of drug-likeness (QED) is 0.389. The van der Waals surface area contributed by atoms with Crippen molar-refractivity contribution in [2.75, 3.05) is 23.7 Å². The van der Waals surface area contributed by atoms with Crippen LogP contribution in [0.1, 0.15) is 57.0 Å². The molecule has 0 fully saturated rings. The van der Waals surface area contributed by atoms with Gasteiger partial charge < -0.3 is 20.8 Å². The maximum atomic E-state index is 9.68. The zero-order valence-electron chi connectivity index (χ0n) is 19.1. The SMILES string of the molecule is Cc1c(C#N)c(NCC(C)O)nc(NCC(C)O)c1N=Nc1[nH]nc(C(C)(C)C)c1C#N. The minimum atomic E-state index is -0.654. The van der Waals surface area contributed by atoms with Crippen LogP contribution >= 0.6 is 0 Å². The van der Waals surface area contributed by atoms with Crippen molar-refractivity contribution < 1.29 is 10.2 Å². The fourth-order valence-electron chi connectivity index (χ4n) is 2.85. The zero-order chi connectivity index (χ0) is 24.1. The standard InChI is InChI=1S/C21H29N9O2/c1-11(31)9-24-18-14(7-22)13(3)16(20(26-18)25-10-12(2)32)27-29-19-15(8-23)17(28-30-19)21(4,5)6/h11-12,31-32H,9-10H2,1-6H3,(H,28,30)(H2,24,25,26). The highest BCUT2D eigenvalue weighted by molar-refractivity contribution is 5.74. The number of H-pyrrole nitrogens is 1. The Balaban J connectivity index is 2.58. The summed E-state index contributed by atoms with van der Waals surface area (Å²) in [5.41, 5.74) is 1.56. The van der Waals surface area contributed by atoms with Crippen molar-refractivity contribution in [1.29, 1.82) is 10.5 Å². The highest BCUT2D eigenvalue weighted by atomic mass is 16.3.